The van der Waals surface area contributed by atoms with E-state index in [1.165, 1.54) is 0 Å². The minimum atomic E-state index is 0.236. The van der Waals surface area contributed by atoms with Gasteiger partial charge in [0.05, 0.1) is 16.7 Å². The van der Waals surface area contributed by atoms with Gasteiger partial charge in [0.25, 0.3) is 0 Å². The van der Waals surface area contributed by atoms with Crippen molar-refractivity contribution in [3.63, 3.8) is 0 Å². The zero-order valence-electron chi connectivity index (χ0n) is 11.9. The van der Waals surface area contributed by atoms with Crippen LogP contribution in [0.5, 0.6) is 5.75 Å². The third kappa shape index (κ3) is 1.94. The number of rotatable bonds is 1. The maximum absolute atomic E-state index is 9.75. The Labute approximate surface area is 132 Å². The molecule has 22 heavy (non-hydrogen) atoms. The van der Waals surface area contributed by atoms with Crippen molar-refractivity contribution in [3.05, 3.63) is 59.4 Å². The number of halogens is 1. The molecule has 0 atom stereocenters. The second-order valence-corrected chi connectivity index (χ2v) is 5.81. The van der Waals surface area contributed by atoms with Crippen LogP contribution >= 0.6 is 11.6 Å². The number of aromatic amines is 1. The highest BCUT2D eigenvalue weighted by Crippen LogP contribution is 2.37. The average molecular weight is 309 g/mol. The van der Waals surface area contributed by atoms with E-state index in [9.17, 15) is 5.11 Å². The monoisotopic (exact) mass is 308 g/mol. The molecule has 4 aromatic rings. The average Bonchev–Trinajstić information content (AvgIpc) is 2.87. The largest absolute Gasteiger partial charge is 0.508 e. The number of aromatic nitrogens is 2. The molecule has 0 bridgehead atoms. The van der Waals surface area contributed by atoms with Gasteiger partial charge in [0.2, 0.25) is 0 Å². The molecule has 2 aromatic heterocycles. The quantitative estimate of drug-likeness (QED) is 0.517. The lowest BCUT2D eigenvalue weighted by Gasteiger charge is -2.05. The van der Waals surface area contributed by atoms with Gasteiger partial charge in [-0.3, -0.25) is 4.98 Å². The first-order valence-corrected chi connectivity index (χ1v) is 7.37. The molecule has 0 aliphatic heterocycles. The molecule has 2 aromatic carbocycles. The number of H-pyrrole nitrogens is 1. The number of phenolic OH excluding ortho intramolecular Hbond substituents is 1. The maximum atomic E-state index is 9.75. The standard InChI is InChI=1S/C18H13ClN2O/c1-10-17-14(5-6-20-10)16-9-12(19)8-15(18(16)21-17)11-3-2-4-13(22)7-11/h2-9,21-22H,1H3. The minimum absolute atomic E-state index is 0.236. The molecule has 0 unspecified atom stereocenters. The predicted octanol–water partition coefficient (Wildman–Crippen LogP) is 5.05. The molecule has 0 saturated heterocycles. The summed E-state index contributed by atoms with van der Waals surface area (Å²) in [7, 11) is 0. The van der Waals surface area contributed by atoms with Gasteiger partial charge in [-0.1, -0.05) is 23.7 Å². The highest BCUT2D eigenvalue weighted by Gasteiger charge is 2.13. The molecule has 3 nitrogen and oxygen atoms in total. The normalized spacial score (nSPS) is 11.4. The summed E-state index contributed by atoms with van der Waals surface area (Å²) >= 11 is 6.32. The zero-order valence-corrected chi connectivity index (χ0v) is 12.6. The smallest absolute Gasteiger partial charge is 0.116 e. The molecule has 0 aliphatic carbocycles. The molecule has 0 fully saturated rings. The van der Waals surface area contributed by atoms with Crippen LogP contribution in [0.15, 0.2) is 48.7 Å². The molecule has 4 heteroatoms. The van der Waals surface area contributed by atoms with Crippen molar-refractivity contribution in [2.24, 2.45) is 0 Å². The summed E-state index contributed by atoms with van der Waals surface area (Å²) in [6, 6.07) is 13.0. The van der Waals surface area contributed by atoms with Gasteiger partial charge in [-0.05, 0) is 42.8 Å². The zero-order chi connectivity index (χ0) is 15.3. The van der Waals surface area contributed by atoms with E-state index in [-0.39, 0.29) is 5.75 Å². The van der Waals surface area contributed by atoms with Gasteiger partial charge in [0.1, 0.15) is 5.75 Å². The van der Waals surface area contributed by atoms with Gasteiger partial charge in [0.15, 0.2) is 0 Å². The van der Waals surface area contributed by atoms with E-state index in [0.29, 0.717) is 5.02 Å². The molecule has 108 valence electrons. The first kappa shape index (κ1) is 13.2. The fourth-order valence-electron chi connectivity index (χ4n) is 2.93. The van der Waals surface area contributed by atoms with E-state index < -0.39 is 0 Å². The van der Waals surface area contributed by atoms with Crippen LogP contribution in [0.2, 0.25) is 5.02 Å². The number of benzene rings is 2. The van der Waals surface area contributed by atoms with Crippen molar-refractivity contribution < 1.29 is 5.11 Å². The summed E-state index contributed by atoms with van der Waals surface area (Å²) in [6.45, 7) is 1.98. The fraction of sp³-hybridized carbons (Fsp3) is 0.0556. The van der Waals surface area contributed by atoms with Gasteiger partial charge in [-0.25, -0.2) is 0 Å². The molecular formula is C18H13ClN2O. The van der Waals surface area contributed by atoms with Crippen molar-refractivity contribution in [1.82, 2.24) is 9.97 Å². The van der Waals surface area contributed by atoms with Gasteiger partial charge in [-0.15, -0.1) is 0 Å². The van der Waals surface area contributed by atoms with Crippen LogP contribution in [0, 0.1) is 6.92 Å². The number of hydrogen-bond donors (Lipinski definition) is 2. The first-order valence-electron chi connectivity index (χ1n) is 6.99. The van der Waals surface area contributed by atoms with E-state index in [1.54, 1.807) is 18.3 Å². The van der Waals surface area contributed by atoms with E-state index in [0.717, 1.165) is 38.6 Å². The summed E-state index contributed by atoms with van der Waals surface area (Å²) in [5, 5.41) is 12.6. The predicted molar refractivity (Wildman–Crippen MR) is 90.4 cm³/mol. The Morgan fingerprint density at radius 3 is 2.73 bits per heavy atom. The van der Waals surface area contributed by atoms with Crippen LogP contribution in [0.3, 0.4) is 0 Å². The van der Waals surface area contributed by atoms with Crippen LogP contribution in [0.1, 0.15) is 5.69 Å². The number of aryl methyl sites for hydroxylation is 1. The Kier molecular flexibility index (Phi) is 2.84. The fourth-order valence-corrected chi connectivity index (χ4v) is 3.15. The second kappa shape index (κ2) is 4.75. The van der Waals surface area contributed by atoms with E-state index in [1.807, 2.05) is 37.3 Å². The highest BCUT2D eigenvalue weighted by molar-refractivity contribution is 6.32. The molecule has 0 radical (unpaired) electrons. The van der Waals surface area contributed by atoms with Crippen molar-refractivity contribution in [1.29, 1.82) is 0 Å². The highest BCUT2D eigenvalue weighted by atomic mass is 35.5. The number of hydrogen-bond acceptors (Lipinski definition) is 2. The van der Waals surface area contributed by atoms with Crippen molar-refractivity contribution in [2.75, 3.05) is 0 Å². The van der Waals surface area contributed by atoms with Gasteiger partial charge >= 0.3 is 0 Å². The third-order valence-corrected chi connectivity index (χ3v) is 4.16. The SMILES string of the molecule is Cc1nccc2c1[nH]c1c(-c3cccc(O)c3)cc(Cl)cc12. The van der Waals surface area contributed by atoms with Crippen LogP contribution in [0.25, 0.3) is 32.9 Å². The molecule has 0 amide bonds. The van der Waals surface area contributed by atoms with Gasteiger partial charge in [-0.2, -0.15) is 0 Å². The Morgan fingerprint density at radius 2 is 1.91 bits per heavy atom. The maximum Gasteiger partial charge on any atom is 0.116 e. The molecular weight excluding hydrogens is 296 g/mol. The summed E-state index contributed by atoms with van der Waals surface area (Å²) in [6.07, 6.45) is 1.81. The number of aromatic hydroxyl groups is 1. The van der Waals surface area contributed by atoms with Gasteiger partial charge < -0.3 is 10.1 Å². The van der Waals surface area contributed by atoms with E-state index >= 15 is 0 Å². The Hall–Kier alpha value is -2.52. The Morgan fingerprint density at radius 1 is 1.05 bits per heavy atom. The number of nitrogens with zero attached hydrogens (tertiary/aromatic N) is 1. The van der Waals surface area contributed by atoms with Gasteiger partial charge in [0, 0.05) is 27.6 Å². The number of nitrogens with one attached hydrogen (secondary N) is 1. The van der Waals surface area contributed by atoms with E-state index in [2.05, 4.69) is 9.97 Å². The summed E-state index contributed by atoms with van der Waals surface area (Å²) in [5.74, 6) is 0.236. The van der Waals surface area contributed by atoms with Crippen LogP contribution in [-0.4, -0.2) is 15.1 Å². The topological polar surface area (TPSA) is 48.9 Å². The molecule has 4 rings (SSSR count). The van der Waals surface area contributed by atoms with E-state index in [4.69, 9.17) is 11.6 Å². The number of phenols is 1. The number of pyridine rings is 1. The third-order valence-electron chi connectivity index (χ3n) is 3.94. The summed E-state index contributed by atoms with van der Waals surface area (Å²) in [4.78, 5) is 7.79. The molecule has 0 aliphatic rings. The second-order valence-electron chi connectivity index (χ2n) is 5.37. The van der Waals surface area contributed by atoms with Crippen molar-refractivity contribution in [2.45, 2.75) is 6.92 Å². The van der Waals surface area contributed by atoms with Crippen molar-refractivity contribution >= 4 is 33.4 Å². The lowest BCUT2D eigenvalue weighted by Crippen LogP contribution is -1.82. The van der Waals surface area contributed by atoms with Crippen LogP contribution in [-0.2, 0) is 0 Å². The number of fused-ring (bicyclic) bond motifs is 3. The lowest BCUT2D eigenvalue weighted by molar-refractivity contribution is 0.475. The summed E-state index contributed by atoms with van der Waals surface area (Å²) in [5.41, 5.74) is 4.85. The summed E-state index contributed by atoms with van der Waals surface area (Å²) < 4.78 is 0. The first-order chi connectivity index (χ1) is 10.6. The molecule has 0 saturated carbocycles. The minimum Gasteiger partial charge on any atom is -0.508 e. The van der Waals surface area contributed by atoms with Crippen LogP contribution in [0.4, 0.5) is 0 Å². The molecule has 2 heterocycles. The lowest BCUT2D eigenvalue weighted by atomic mass is 10.0. The molecule has 2 N–H and O–H groups in total. The Balaban J connectivity index is 2.15. The Bertz CT molecular complexity index is 1020. The van der Waals surface area contributed by atoms with Crippen molar-refractivity contribution in [3.8, 4) is 16.9 Å². The van der Waals surface area contributed by atoms with Crippen LogP contribution < -0.4 is 0 Å². The molecule has 0 spiro atoms.